The SMILES string of the molecule is CN=C(NCc1ccc(CN2CCCN(C)CC2)cc1)Nc1ccc2c(c1)OCCCO2. The summed E-state index contributed by atoms with van der Waals surface area (Å²) in [6, 6.07) is 14.8. The lowest BCUT2D eigenvalue weighted by molar-refractivity contribution is 0.269. The predicted octanol–water partition coefficient (Wildman–Crippen LogP) is 3.17. The zero-order chi connectivity index (χ0) is 22.2. The number of nitrogens with one attached hydrogen (secondary N) is 2. The molecule has 2 aromatic carbocycles. The third kappa shape index (κ3) is 6.37. The molecule has 0 spiro atoms. The number of aliphatic imine (C=N–C) groups is 1. The van der Waals surface area contributed by atoms with Gasteiger partial charge >= 0.3 is 0 Å². The van der Waals surface area contributed by atoms with Crippen molar-refractivity contribution >= 4 is 11.6 Å². The second-order valence-corrected chi connectivity index (χ2v) is 8.51. The minimum atomic E-state index is 0.675. The molecule has 7 nitrogen and oxygen atoms in total. The van der Waals surface area contributed by atoms with Gasteiger partial charge in [-0.3, -0.25) is 9.89 Å². The molecular weight excluding hydrogens is 402 g/mol. The topological polar surface area (TPSA) is 61.4 Å². The smallest absolute Gasteiger partial charge is 0.195 e. The van der Waals surface area contributed by atoms with Crippen molar-refractivity contribution in [2.45, 2.75) is 25.9 Å². The first-order chi connectivity index (χ1) is 15.7. The molecule has 0 saturated carbocycles. The maximum atomic E-state index is 5.78. The summed E-state index contributed by atoms with van der Waals surface area (Å²) >= 11 is 0. The van der Waals surface area contributed by atoms with E-state index >= 15 is 0 Å². The number of fused-ring (bicyclic) bond motifs is 1. The van der Waals surface area contributed by atoms with E-state index in [-0.39, 0.29) is 0 Å². The van der Waals surface area contributed by atoms with Crippen LogP contribution in [0.3, 0.4) is 0 Å². The van der Waals surface area contributed by atoms with Gasteiger partial charge in [0.1, 0.15) is 0 Å². The first kappa shape index (κ1) is 22.4. The third-order valence-corrected chi connectivity index (χ3v) is 5.94. The molecule has 2 N–H and O–H groups in total. The van der Waals surface area contributed by atoms with Crippen LogP contribution in [0, 0.1) is 0 Å². The van der Waals surface area contributed by atoms with Gasteiger partial charge in [-0.2, -0.15) is 0 Å². The lowest BCUT2D eigenvalue weighted by Gasteiger charge is -2.20. The molecule has 2 heterocycles. The summed E-state index contributed by atoms with van der Waals surface area (Å²) in [5.41, 5.74) is 3.51. The maximum absolute atomic E-state index is 5.78. The summed E-state index contributed by atoms with van der Waals surface area (Å²) in [4.78, 5) is 9.32. The van der Waals surface area contributed by atoms with Crippen molar-refractivity contribution in [2.75, 3.05) is 58.8 Å². The van der Waals surface area contributed by atoms with Crippen molar-refractivity contribution in [3.05, 3.63) is 53.6 Å². The minimum Gasteiger partial charge on any atom is -0.490 e. The Morgan fingerprint density at radius 1 is 0.906 bits per heavy atom. The van der Waals surface area contributed by atoms with Gasteiger partial charge in [-0.15, -0.1) is 0 Å². The summed E-state index contributed by atoms with van der Waals surface area (Å²) in [6.45, 7) is 7.76. The summed E-state index contributed by atoms with van der Waals surface area (Å²) in [7, 11) is 3.99. The molecule has 2 aliphatic heterocycles. The zero-order valence-corrected chi connectivity index (χ0v) is 19.3. The van der Waals surface area contributed by atoms with Crippen molar-refractivity contribution in [2.24, 2.45) is 4.99 Å². The van der Waals surface area contributed by atoms with Crippen LogP contribution in [0.25, 0.3) is 0 Å². The average Bonchev–Trinajstić information content (AvgIpc) is 3.17. The summed E-state index contributed by atoms with van der Waals surface area (Å²) in [5.74, 6) is 2.29. The number of hydrogen-bond donors (Lipinski definition) is 2. The molecule has 32 heavy (non-hydrogen) atoms. The van der Waals surface area contributed by atoms with Gasteiger partial charge < -0.3 is 25.0 Å². The van der Waals surface area contributed by atoms with Crippen LogP contribution >= 0.6 is 0 Å². The fraction of sp³-hybridized carbons (Fsp3) is 0.480. The Hall–Kier alpha value is -2.77. The minimum absolute atomic E-state index is 0.675. The van der Waals surface area contributed by atoms with Gasteiger partial charge in [0.05, 0.1) is 13.2 Å². The lowest BCUT2D eigenvalue weighted by atomic mass is 10.1. The van der Waals surface area contributed by atoms with E-state index in [1.165, 1.54) is 30.6 Å². The van der Waals surface area contributed by atoms with Crippen LogP contribution in [0.15, 0.2) is 47.5 Å². The van der Waals surface area contributed by atoms with Crippen molar-refractivity contribution in [1.82, 2.24) is 15.1 Å². The highest BCUT2D eigenvalue weighted by atomic mass is 16.5. The largest absolute Gasteiger partial charge is 0.490 e. The monoisotopic (exact) mass is 437 g/mol. The Labute approximate surface area is 191 Å². The Balaban J connectivity index is 1.28. The number of likely N-dealkylation sites (N-methyl/N-ethyl adjacent to an activating group) is 1. The predicted molar refractivity (Wildman–Crippen MR) is 130 cm³/mol. The highest BCUT2D eigenvalue weighted by Crippen LogP contribution is 2.32. The van der Waals surface area contributed by atoms with Gasteiger partial charge in [0.25, 0.3) is 0 Å². The van der Waals surface area contributed by atoms with Gasteiger partial charge in [-0.05, 0) is 49.8 Å². The normalized spacial score (nSPS) is 18.0. The van der Waals surface area contributed by atoms with Crippen molar-refractivity contribution in [1.29, 1.82) is 0 Å². The van der Waals surface area contributed by atoms with Crippen LogP contribution in [-0.4, -0.2) is 69.2 Å². The fourth-order valence-corrected chi connectivity index (χ4v) is 4.02. The van der Waals surface area contributed by atoms with Crippen LogP contribution in [0.2, 0.25) is 0 Å². The van der Waals surface area contributed by atoms with Gasteiger partial charge in [0.15, 0.2) is 17.5 Å². The summed E-state index contributed by atoms with van der Waals surface area (Å²) in [5, 5.41) is 6.73. The fourth-order valence-electron chi connectivity index (χ4n) is 4.02. The molecule has 0 bridgehead atoms. The number of ether oxygens (including phenoxy) is 2. The van der Waals surface area contributed by atoms with Crippen molar-refractivity contribution in [3.8, 4) is 11.5 Å². The second kappa shape index (κ2) is 11.2. The molecule has 1 fully saturated rings. The first-order valence-electron chi connectivity index (χ1n) is 11.6. The molecule has 0 amide bonds. The van der Waals surface area contributed by atoms with E-state index in [4.69, 9.17) is 9.47 Å². The Morgan fingerprint density at radius 2 is 1.69 bits per heavy atom. The molecule has 172 valence electrons. The van der Waals surface area contributed by atoms with Crippen molar-refractivity contribution < 1.29 is 9.47 Å². The van der Waals surface area contributed by atoms with E-state index in [0.29, 0.717) is 19.8 Å². The number of benzene rings is 2. The van der Waals surface area contributed by atoms with E-state index in [9.17, 15) is 0 Å². The van der Waals surface area contributed by atoms with E-state index in [0.717, 1.165) is 49.2 Å². The molecular formula is C25H35N5O2. The van der Waals surface area contributed by atoms with E-state index < -0.39 is 0 Å². The van der Waals surface area contributed by atoms with Crippen LogP contribution in [-0.2, 0) is 13.1 Å². The summed E-state index contributed by atoms with van der Waals surface area (Å²) < 4.78 is 11.5. The molecule has 4 rings (SSSR count). The average molecular weight is 438 g/mol. The number of hydrogen-bond acceptors (Lipinski definition) is 5. The molecule has 1 saturated heterocycles. The number of nitrogens with zero attached hydrogens (tertiary/aromatic N) is 3. The van der Waals surface area contributed by atoms with Crippen LogP contribution in [0.4, 0.5) is 5.69 Å². The molecule has 0 radical (unpaired) electrons. The van der Waals surface area contributed by atoms with Gasteiger partial charge in [0, 0.05) is 51.4 Å². The van der Waals surface area contributed by atoms with E-state index in [1.807, 2.05) is 18.2 Å². The number of rotatable bonds is 5. The number of anilines is 1. The standard InChI is InChI=1S/C25H35N5O2/c1-26-25(28-22-9-10-23-24(17-22)32-16-4-15-31-23)27-18-20-5-7-21(8-6-20)19-30-12-3-11-29(2)13-14-30/h5-10,17H,3-4,11-16,18-19H2,1-2H3,(H2,26,27,28). The maximum Gasteiger partial charge on any atom is 0.195 e. The number of guanidine groups is 1. The Kier molecular flexibility index (Phi) is 7.85. The third-order valence-electron chi connectivity index (χ3n) is 5.94. The van der Waals surface area contributed by atoms with E-state index in [2.05, 4.69) is 56.7 Å². The van der Waals surface area contributed by atoms with Gasteiger partial charge in [0.2, 0.25) is 0 Å². The van der Waals surface area contributed by atoms with E-state index in [1.54, 1.807) is 7.05 Å². The van der Waals surface area contributed by atoms with Crippen LogP contribution in [0.5, 0.6) is 11.5 Å². The first-order valence-corrected chi connectivity index (χ1v) is 11.6. The zero-order valence-electron chi connectivity index (χ0n) is 19.3. The molecule has 0 aromatic heterocycles. The molecule has 0 unspecified atom stereocenters. The quantitative estimate of drug-likeness (QED) is 0.554. The molecule has 2 aromatic rings. The molecule has 0 atom stereocenters. The Morgan fingerprint density at radius 3 is 2.50 bits per heavy atom. The highest BCUT2D eigenvalue weighted by Gasteiger charge is 2.13. The van der Waals surface area contributed by atoms with Crippen LogP contribution in [0.1, 0.15) is 24.0 Å². The second-order valence-electron chi connectivity index (χ2n) is 8.51. The molecule has 0 aliphatic carbocycles. The molecule has 7 heteroatoms. The van der Waals surface area contributed by atoms with Gasteiger partial charge in [-0.25, -0.2) is 0 Å². The highest BCUT2D eigenvalue weighted by molar-refractivity contribution is 5.93. The van der Waals surface area contributed by atoms with Gasteiger partial charge in [-0.1, -0.05) is 24.3 Å². The molecule has 2 aliphatic rings. The summed E-state index contributed by atoms with van der Waals surface area (Å²) in [6.07, 6.45) is 2.14. The Bertz CT molecular complexity index is 900. The lowest BCUT2D eigenvalue weighted by Crippen LogP contribution is -2.30. The van der Waals surface area contributed by atoms with Crippen LogP contribution < -0.4 is 20.1 Å². The van der Waals surface area contributed by atoms with Crippen molar-refractivity contribution in [3.63, 3.8) is 0 Å².